The van der Waals surface area contributed by atoms with Gasteiger partial charge in [-0.15, -0.1) is 0 Å². The lowest BCUT2D eigenvalue weighted by molar-refractivity contribution is -0.391. The lowest BCUT2D eigenvalue weighted by Gasteiger charge is -2.24. The second-order valence-electron chi connectivity index (χ2n) is 5.16. The molecule has 1 aliphatic rings. The minimum Gasteiger partial charge on any atom is -0.395 e. The molecule has 1 saturated heterocycles. The number of nitro groups is 1. The van der Waals surface area contributed by atoms with Crippen molar-refractivity contribution < 1.29 is 14.8 Å². The molecule has 0 saturated carbocycles. The van der Waals surface area contributed by atoms with E-state index in [1.54, 1.807) is 4.90 Å². The summed E-state index contributed by atoms with van der Waals surface area (Å²) in [6.07, 6.45) is 2.06. The molecule has 2 rings (SSSR count). The van der Waals surface area contributed by atoms with Gasteiger partial charge in [0.2, 0.25) is 0 Å². The highest BCUT2D eigenvalue weighted by Crippen LogP contribution is 2.17. The van der Waals surface area contributed by atoms with Crippen LogP contribution < -0.4 is 5.32 Å². The lowest BCUT2D eigenvalue weighted by atomic mass is 10.2. The summed E-state index contributed by atoms with van der Waals surface area (Å²) < 4.78 is 1.27. The molecule has 21 heavy (non-hydrogen) atoms. The number of hydrogen-bond acceptors (Lipinski definition) is 5. The fourth-order valence-corrected chi connectivity index (χ4v) is 2.64. The first-order valence-corrected chi connectivity index (χ1v) is 6.98. The largest absolute Gasteiger partial charge is 0.395 e. The number of aliphatic hydroxyl groups is 1. The Kier molecular flexibility index (Phi) is 4.92. The zero-order valence-corrected chi connectivity index (χ0v) is 12.0. The Morgan fingerprint density at radius 3 is 2.90 bits per heavy atom. The van der Waals surface area contributed by atoms with Gasteiger partial charge in [-0.1, -0.05) is 0 Å². The first-order valence-electron chi connectivity index (χ1n) is 6.98. The predicted molar refractivity (Wildman–Crippen MR) is 76.1 cm³/mol. The number of nitrogens with zero attached hydrogens (tertiary/aromatic N) is 3. The highest BCUT2D eigenvalue weighted by molar-refractivity contribution is 5.93. The zero-order chi connectivity index (χ0) is 15.4. The van der Waals surface area contributed by atoms with Crippen LogP contribution >= 0.6 is 0 Å². The van der Waals surface area contributed by atoms with E-state index in [-0.39, 0.29) is 36.6 Å². The highest BCUT2D eigenvalue weighted by atomic mass is 16.6. The molecule has 8 heteroatoms. The molecule has 0 aromatic carbocycles. The summed E-state index contributed by atoms with van der Waals surface area (Å²) in [6.45, 7) is 1.51. The molecular formula is C13H20N4O4. The lowest BCUT2D eigenvalue weighted by Crippen LogP contribution is -2.43. The number of nitrogens with one attached hydrogen (secondary N) is 1. The van der Waals surface area contributed by atoms with E-state index in [2.05, 4.69) is 5.32 Å². The first-order chi connectivity index (χ1) is 10.0. The molecule has 2 N–H and O–H groups in total. The Labute approximate surface area is 122 Å². The van der Waals surface area contributed by atoms with Crippen molar-refractivity contribution in [1.82, 2.24) is 14.8 Å². The van der Waals surface area contributed by atoms with E-state index in [1.165, 1.54) is 23.7 Å². The molecule has 1 aromatic heterocycles. The summed E-state index contributed by atoms with van der Waals surface area (Å²) in [5.41, 5.74) is 0.258. The van der Waals surface area contributed by atoms with Crippen LogP contribution in [0.1, 0.15) is 23.3 Å². The second-order valence-corrected chi connectivity index (χ2v) is 5.16. The summed E-state index contributed by atoms with van der Waals surface area (Å²) >= 11 is 0. The topological polar surface area (TPSA) is 101 Å². The number of aliphatic hydroxyl groups excluding tert-OH is 1. The van der Waals surface area contributed by atoms with Crippen LogP contribution in [0.4, 0.5) is 5.82 Å². The fraction of sp³-hybridized carbons (Fsp3) is 0.615. The molecular weight excluding hydrogens is 276 g/mol. The Morgan fingerprint density at radius 2 is 2.38 bits per heavy atom. The minimum atomic E-state index is -0.522. The molecule has 2 heterocycles. The average molecular weight is 296 g/mol. The summed E-state index contributed by atoms with van der Waals surface area (Å²) in [7, 11) is 1.50. The quantitative estimate of drug-likeness (QED) is 0.573. The average Bonchev–Trinajstić information content (AvgIpc) is 3.07. The van der Waals surface area contributed by atoms with Crippen LogP contribution in [0.3, 0.4) is 0 Å². The first kappa shape index (κ1) is 15.5. The van der Waals surface area contributed by atoms with Crippen LogP contribution in [0.25, 0.3) is 0 Å². The molecule has 0 aliphatic carbocycles. The number of carbonyl (C=O) groups is 1. The molecule has 1 amide bonds. The van der Waals surface area contributed by atoms with Crippen LogP contribution in [0.15, 0.2) is 12.1 Å². The third kappa shape index (κ3) is 3.40. The Bertz CT molecular complexity index is 522. The van der Waals surface area contributed by atoms with E-state index in [0.717, 1.165) is 19.4 Å². The van der Waals surface area contributed by atoms with Crippen molar-refractivity contribution in [3.05, 3.63) is 27.9 Å². The number of hydrogen-bond donors (Lipinski definition) is 2. The molecule has 0 radical (unpaired) electrons. The van der Waals surface area contributed by atoms with Crippen molar-refractivity contribution in [2.24, 2.45) is 7.05 Å². The third-order valence-electron chi connectivity index (χ3n) is 3.76. The van der Waals surface area contributed by atoms with Gasteiger partial charge in [0, 0.05) is 25.2 Å². The normalized spacial score (nSPS) is 17.9. The predicted octanol–water partition coefficient (Wildman–Crippen LogP) is 0.120. The van der Waals surface area contributed by atoms with Crippen molar-refractivity contribution in [2.75, 3.05) is 26.2 Å². The molecule has 116 valence electrons. The molecule has 0 spiro atoms. The van der Waals surface area contributed by atoms with Gasteiger partial charge in [-0.2, -0.15) is 0 Å². The van der Waals surface area contributed by atoms with E-state index in [0.29, 0.717) is 6.54 Å². The second kappa shape index (κ2) is 6.68. The van der Waals surface area contributed by atoms with Crippen LogP contribution in [0, 0.1) is 10.1 Å². The molecule has 1 unspecified atom stereocenters. The minimum absolute atomic E-state index is 0.124. The van der Waals surface area contributed by atoms with Crippen LogP contribution in [-0.4, -0.2) is 57.7 Å². The van der Waals surface area contributed by atoms with Crippen LogP contribution in [-0.2, 0) is 7.05 Å². The Morgan fingerprint density at radius 1 is 1.62 bits per heavy atom. The summed E-state index contributed by atoms with van der Waals surface area (Å²) in [4.78, 5) is 24.4. The van der Waals surface area contributed by atoms with Gasteiger partial charge in [-0.05, 0) is 30.4 Å². The van der Waals surface area contributed by atoms with E-state index in [9.17, 15) is 14.9 Å². The molecule has 1 atom stereocenters. The van der Waals surface area contributed by atoms with Crippen molar-refractivity contribution >= 4 is 11.7 Å². The van der Waals surface area contributed by atoms with Gasteiger partial charge in [0.1, 0.15) is 0 Å². The van der Waals surface area contributed by atoms with E-state index >= 15 is 0 Å². The van der Waals surface area contributed by atoms with Crippen molar-refractivity contribution in [3.63, 3.8) is 0 Å². The monoisotopic (exact) mass is 296 g/mol. The Hall–Kier alpha value is -1.93. The number of rotatable bonds is 6. The molecule has 0 bridgehead atoms. The van der Waals surface area contributed by atoms with Crippen LogP contribution in [0.5, 0.6) is 0 Å². The molecule has 1 fully saturated rings. The van der Waals surface area contributed by atoms with Gasteiger partial charge in [0.05, 0.1) is 13.7 Å². The molecule has 1 aliphatic heterocycles. The van der Waals surface area contributed by atoms with E-state index in [1.807, 2.05) is 0 Å². The van der Waals surface area contributed by atoms with Gasteiger partial charge >= 0.3 is 5.82 Å². The maximum atomic E-state index is 12.5. The summed E-state index contributed by atoms with van der Waals surface area (Å²) in [5, 5.41) is 23.3. The number of aromatic nitrogens is 1. The SMILES string of the molecule is Cn1c(C(=O)N(CCO)CC2CCCN2)ccc1[N+](=O)[O-]. The van der Waals surface area contributed by atoms with Crippen molar-refractivity contribution in [3.8, 4) is 0 Å². The Balaban J connectivity index is 2.15. The summed E-state index contributed by atoms with van der Waals surface area (Å²) in [5.74, 6) is -0.422. The van der Waals surface area contributed by atoms with Crippen molar-refractivity contribution in [1.29, 1.82) is 0 Å². The van der Waals surface area contributed by atoms with E-state index in [4.69, 9.17) is 5.11 Å². The van der Waals surface area contributed by atoms with Gasteiger partial charge in [-0.25, -0.2) is 4.57 Å². The third-order valence-corrected chi connectivity index (χ3v) is 3.76. The van der Waals surface area contributed by atoms with Gasteiger partial charge in [0.15, 0.2) is 5.69 Å². The standard InChI is InChI=1S/C13H20N4O4/c1-15-11(4-5-12(15)17(20)21)13(19)16(7-8-18)9-10-3-2-6-14-10/h4-5,10,14,18H,2-3,6-9H2,1H3. The molecule has 8 nitrogen and oxygen atoms in total. The van der Waals surface area contributed by atoms with Gasteiger partial charge < -0.3 is 25.4 Å². The van der Waals surface area contributed by atoms with Crippen molar-refractivity contribution in [2.45, 2.75) is 18.9 Å². The number of carbonyl (C=O) groups excluding carboxylic acids is 1. The number of amides is 1. The smallest absolute Gasteiger partial charge is 0.323 e. The maximum absolute atomic E-state index is 12.5. The zero-order valence-electron chi connectivity index (χ0n) is 12.0. The fourth-order valence-electron chi connectivity index (χ4n) is 2.64. The highest BCUT2D eigenvalue weighted by Gasteiger charge is 2.27. The summed E-state index contributed by atoms with van der Waals surface area (Å²) in [6, 6.07) is 2.99. The van der Waals surface area contributed by atoms with E-state index < -0.39 is 4.92 Å². The maximum Gasteiger partial charge on any atom is 0.323 e. The van der Waals surface area contributed by atoms with Crippen LogP contribution in [0.2, 0.25) is 0 Å². The van der Waals surface area contributed by atoms with Gasteiger partial charge in [-0.3, -0.25) is 4.79 Å². The molecule has 1 aromatic rings. The van der Waals surface area contributed by atoms with Gasteiger partial charge in [0.25, 0.3) is 5.91 Å².